The summed E-state index contributed by atoms with van der Waals surface area (Å²) in [4.78, 5) is 0.0511. The molecule has 0 aliphatic carbocycles. The minimum absolute atomic E-state index is 0.0511. The van der Waals surface area contributed by atoms with Gasteiger partial charge in [0.05, 0.1) is 31.3 Å². The summed E-state index contributed by atoms with van der Waals surface area (Å²) in [5, 5.41) is 0. The number of anilines is 1. The SMILES string of the molecule is COc1ccc(CN(c2cccc(OC)c2)S(=O)(=O)c2ccc(F)cc2C)cc1. The predicted molar refractivity (Wildman–Crippen MR) is 110 cm³/mol. The zero-order chi connectivity index (χ0) is 21.0. The van der Waals surface area contributed by atoms with Crippen LogP contribution in [0.15, 0.2) is 71.6 Å². The Bertz CT molecular complexity index is 1100. The Morgan fingerprint density at radius 2 is 1.59 bits per heavy atom. The molecular formula is C22H22FNO4S. The molecule has 3 rings (SSSR count). The van der Waals surface area contributed by atoms with Crippen LogP contribution in [0, 0.1) is 12.7 Å². The molecule has 0 atom stereocenters. The number of halogens is 1. The summed E-state index contributed by atoms with van der Waals surface area (Å²) in [6, 6.07) is 17.6. The van der Waals surface area contributed by atoms with Crippen molar-refractivity contribution in [2.24, 2.45) is 0 Å². The molecule has 3 aromatic carbocycles. The van der Waals surface area contributed by atoms with Crippen LogP contribution in [0.2, 0.25) is 0 Å². The number of methoxy groups -OCH3 is 2. The normalized spacial score (nSPS) is 11.2. The van der Waals surface area contributed by atoms with Gasteiger partial charge in [0.1, 0.15) is 17.3 Å². The zero-order valence-electron chi connectivity index (χ0n) is 16.4. The second-order valence-electron chi connectivity index (χ2n) is 6.47. The Labute approximate surface area is 170 Å². The van der Waals surface area contributed by atoms with Crippen molar-refractivity contribution in [2.45, 2.75) is 18.4 Å². The van der Waals surface area contributed by atoms with Gasteiger partial charge in [-0.3, -0.25) is 4.31 Å². The molecule has 0 spiro atoms. The lowest BCUT2D eigenvalue weighted by atomic mass is 10.2. The molecule has 0 unspecified atom stereocenters. The average Bonchev–Trinajstić information content (AvgIpc) is 2.72. The van der Waals surface area contributed by atoms with Crippen LogP contribution in [0.1, 0.15) is 11.1 Å². The van der Waals surface area contributed by atoms with Gasteiger partial charge < -0.3 is 9.47 Å². The van der Waals surface area contributed by atoms with Gasteiger partial charge in [0.25, 0.3) is 10.0 Å². The first-order valence-corrected chi connectivity index (χ1v) is 10.3. The van der Waals surface area contributed by atoms with Gasteiger partial charge in [-0.15, -0.1) is 0 Å². The van der Waals surface area contributed by atoms with Crippen LogP contribution in [-0.2, 0) is 16.6 Å². The van der Waals surface area contributed by atoms with Crippen molar-refractivity contribution in [1.82, 2.24) is 0 Å². The van der Waals surface area contributed by atoms with E-state index < -0.39 is 15.8 Å². The monoisotopic (exact) mass is 415 g/mol. The summed E-state index contributed by atoms with van der Waals surface area (Å²) in [6.45, 7) is 1.67. The van der Waals surface area contributed by atoms with Crippen molar-refractivity contribution in [3.05, 3.63) is 83.7 Å². The summed E-state index contributed by atoms with van der Waals surface area (Å²) in [5.41, 5.74) is 1.56. The highest BCUT2D eigenvalue weighted by Gasteiger charge is 2.27. The second kappa shape index (κ2) is 8.53. The number of rotatable bonds is 7. The Kier molecular flexibility index (Phi) is 6.08. The van der Waals surface area contributed by atoms with Gasteiger partial charge in [-0.25, -0.2) is 12.8 Å². The second-order valence-corrected chi connectivity index (χ2v) is 8.30. The maximum Gasteiger partial charge on any atom is 0.264 e. The molecule has 0 saturated heterocycles. The van der Waals surface area contributed by atoms with Gasteiger partial charge in [-0.1, -0.05) is 18.2 Å². The molecule has 5 nitrogen and oxygen atoms in total. The van der Waals surface area contributed by atoms with Gasteiger partial charge in [0.15, 0.2) is 0 Å². The van der Waals surface area contributed by atoms with E-state index >= 15 is 0 Å². The Morgan fingerprint density at radius 1 is 0.897 bits per heavy atom. The molecule has 0 aliphatic heterocycles. The van der Waals surface area contributed by atoms with Gasteiger partial charge >= 0.3 is 0 Å². The number of ether oxygens (including phenoxy) is 2. The summed E-state index contributed by atoms with van der Waals surface area (Å²) >= 11 is 0. The van der Waals surface area contributed by atoms with Gasteiger partial charge in [0, 0.05) is 6.07 Å². The largest absolute Gasteiger partial charge is 0.497 e. The molecule has 0 bridgehead atoms. The number of aryl methyl sites for hydroxylation is 1. The van der Waals surface area contributed by atoms with Crippen molar-refractivity contribution in [3.63, 3.8) is 0 Å². The van der Waals surface area contributed by atoms with E-state index in [0.717, 1.165) is 11.6 Å². The molecule has 0 amide bonds. The molecular weight excluding hydrogens is 393 g/mol. The molecule has 0 N–H and O–H groups in total. The van der Waals surface area contributed by atoms with E-state index in [1.54, 1.807) is 62.6 Å². The van der Waals surface area contributed by atoms with Crippen molar-refractivity contribution in [2.75, 3.05) is 18.5 Å². The fourth-order valence-corrected chi connectivity index (χ4v) is 4.65. The Morgan fingerprint density at radius 3 is 2.21 bits per heavy atom. The average molecular weight is 415 g/mol. The van der Waals surface area contributed by atoms with Crippen LogP contribution in [-0.4, -0.2) is 22.6 Å². The van der Waals surface area contributed by atoms with Crippen LogP contribution in [0.3, 0.4) is 0 Å². The Balaban J connectivity index is 2.10. The third-order valence-electron chi connectivity index (χ3n) is 4.53. The van der Waals surface area contributed by atoms with E-state index in [9.17, 15) is 12.8 Å². The summed E-state index contributed by atoms with van der Waals surface area (Å²) < 4.78 is 52.3. The summed E-state index contributed by atoms with van der Waals surface area (Å²) in [7, 11) is -0.872. The van der Waals surface area contributed by atoms with Crippen LogP contribution in [0.25, 0.3) is 0 Å². The van der Waals surface area contributed by atoms with Crippen LogP contribution in [0.4, 0.5) is 10.1 Å². The molecule has 0 heterocycles. The maximum atomic E-state index is 13.5. The number of sulfonamides is 1. The molecule has 152 valence electrons. The van der Waals surface area contributed by atoms with Gasteiger partial charge in [-0.2, -0.15) is 0 Å². The lowest BCUT2D eigenvalue weighted by Gasteiger charge is -2.26. The van der Waals surface area contributed by atoms with Crippen molar-refractivity contribution in [1.29, 1.82) is 0 Å². The van der Waals surface area contributed by atoms with E-state index in [2.05, 4.69) is 0 Å². The lowest BCUT2D eigenvalue weighted by Crippen LogP contribution is -2.31. The topological polar surface area (TPSA) is 55.8 Å². The first-order chi connectivity index (χ1) is 13.8. The molecule has 29 heavy (non-hydrogen) atoms. The quantitative estimate of drug-likeness (QED) is 0.568. The fraction of sp³-hybridized carbons (Fsp3) is 0.182. The minimum atomic E-state index is -3.96. The summed E-state index contributed by atoms with van der Waals surface area (Å²) in [5.74, 6) is 0.733. The highest BCUT2D eigenvalue weighted by molar-refractivity contribution is 7.92. The van der Waals surface area contributed by atoms with E-state index in [1.165, 1.54) is 23.5 Å². The van der Waals surface area contributed by atoms with Crippen LogP contribution >= 0.6 is 0 Å². The third kappa shape index (κ3) is 4.51. The van der Waals surface area contributed by atoms with Crippen molar-refractivity contribution in [3.8, 4) is 11.5 Å². The smallest absolute Gasteiger partial charge is 0.264 e. The molecule has 0 saturated carbocycles. The van der Waals surface area contributed by atoms with Crippen molar-refractivity contribution >= 4 is 15.7 Å². The van der Waals surface area contributed by atoms with Crippen LogP contribution in [0.5, 0.6) is 11.5 Å². The van der Waals surface area contributed by atoms with E-state index in [4.69, 9.17) is 9.47 Å². The molecule has 0 aliphatic rings. The fourth-order valence-electron chi connectivity index (χ4n) is 3.00. The number of nitrogens with zero attached hydrogens (tertiary/aromatic N) is 1. The van der Waals surface area contributed by atoms with E-state index in [0.29, 0.717) is 22.7 Å². The Hall–Kier alpha value is -3.06. The molecule has 7 heteroatoms. The van der Waals surface area contributed by atoms with Gasteiger partial charge in [0.2, 0.25) is 0 Å². The van der Waals surface area contributed by atoms with E-state index in [-0.39, 0.29) is 11.4 Å². The maximum absolute atomic E-state index is 13.5. The summed E-state index contributed by atoms with van der Waals surface area (Å²) in [6.07, 6.45) is 0. The molecule has 0 aromatic heterocycles. The van der Waals surface area contributed by atoms with Crippen LogP contribution < -0.4 is 13.8 Å². The highest BCUT2D eigenvalue weighted by Crippen LogP contribution is 2.30. The van der Waals surface area contributed by atoms with Gasteiger partial charge in [-0.05, 0) is 60.5 Å². The van der Waals surface area contributed by atoms with Crippen molar-refractivity contribution < 1.29 is 22.3 Å². The van der Waals surface area contributed by atoms with E-state index in [1.807, 2.05) is 0 Å². The first kappa shape index (κ1) is 20.7. The minimum Gasteiger partial charge on any atom is -0.497 e. The lowest BCUT2D eigenvalue weighted by molar-refractivity contribution is 0.414. The molecule has 0 fully saturated rings. The highest BCUT2D eigenvalue weighted by atomic mass is 32.2. The predicted octanol–water partition coefficient (Wildman–Crippen LogP) is 4.55. The first-order valence-electron chi connectivity index (χ1n) is 8.91. The molecule has 3 aromatic rings. The number of hydrogen-bond donors (Lipinski definition) is 0. The third-order valence-corrected chi connectivity index (χ3v) is 6.47. The zero-order valence-corrected chi connectivity index (χ0v) is 17.2. The standard InChI is InChI=1S/C22H22FNO4S/c1-16-13-18(23)9-12-22(16)29(25,26)24(19-5-4-6-21(14-19)28-3)15-17-7-10-20(27-2)11-8-17/h4-14H,15H2,1-3H3. The number of hydrogen-bond acceptors (Lipinski definition) is 4. The molecule has 0 radical (unpaired) electrons. The number of benzene rings is 3.